The maximum absolute atomic E-state index is 13.1. The number of Topliss-reactive ketones (excluding diaryl/α,β-unsaturated/α-hetero) is 1. The largest absolute Gasteiger partial charge is 0.493 e. The summed E-state index contributed by atoms with van der Waals surface area (Å²) >= 11 is 0. The molecule has 1 amide bonds. The number of ether oxygens (including phenoxy) is 2. The van der Waals surface area contributed by atoms with Crippen molar-refractivity contribution in [1.29, 1.82) is 0 Å². The van der Waals surface area contributed by atoms with Crippen LogP contribution in [0.1, 0.15) is 61.3 Å². The molecule has 1 rings (SSSR count). The third-order valence-electron chi connectivity index (χ3n) is 3.96. The molecule has 0 unspecified atom stereocenters. The molecule has 6 nitrogen and oxygen atoms in total. The molecule has 140 valence electrons. The second kappa shape index (κ2) is 9.42. The van der Waals surface area contributed by atoms with Crippen LogP contribution < -0.4 is 9.47 Å². The number of aliphatic hydroxyl groups excluding tert-OH is 1. The van der Waals surface area contributed by atoms with Gasteiger partial charge in [-0.05, 0) is 46.2 Å². The number of hydrogen-bond donors (Lipinski definition) is 1. The van der Waals surface area contributed by atoms with Gasteiger partial charge >= 0.3 is 0 Å². The van der Waals surface area contributed by atoms with E-state index in [2.05, 4.69) is 0 Å². The van der Waals surface area contributed by atoms with Gasteiger partial charge in [0.25, 0.3) is 5.91 Å². The van der Waals surface area contributed by atoms with Gasteiger partial charge < -0.3 is 19.5 Å². The molecule has 1 aromatic carbocycles. The minimum absolute atomic E-state index is 0.0130. The zero-order valence-corrected chi connectivity index (χ0v) is 16.0. The molecule has 1 aromatic rings. The van der Waals surface area contributed by atoms with Gasteiger partial charge in [-0.3, -0.25) is 9.59 Å². The molecule has 0 aliphatic rings. The lowest BCUT2D eigenvalue weighted by Gasteiger charge is -2.31. The maximum Gasteiger partial charge on any atom is 0.255 e. The highest BCUT2D eigenvalue weighted by Crippen LogP contribution is 2.32. The Morgan fingerprint density at radius 1 is 1.00 bits per heavy atom. The fourth-order valence-electron chi connectivity index (χ4n) is 2.87. The Bertz CT molecular complexity index is 602. The molecule has 0 bridgehead atoms. The highest BCUT2D eigenvalue weighted by molar-refractivity contribution is 6.09. The number of carbonyl (C=O) groups excluding carboxylic acids is 2. The molecule has 6 heteroatoms. The highest BCUT2D eigenvalue weighted by atomic mass is 16.5. The van der Waals surface area contributed by atoms with Crippen molar-refractivity contribution in [2.75, 3.05) is 20.8 Å². The average Bonchev–Trinajstić information content (AvgIpc) is 2.57. The van der Waals surface area contributed by atoms with E-state index < -0.39 is 0 Å². The zero-order valence-electron chi connectivity index (χ0n) is 16.0. The Morgan fingerprint density at radius 2 is 1.48 bits per heavy atom. The Hall–Kier alpha value is -2.08. The van der Waals surface area contributed by atoms with E-state index in [1.165, 1.54) is 14.2 Å². The molecule has 0 fully saturated rings. The molecule has 0 saturated carbocycles. The molecular formula is C19H29NO5. The number of amides is 1. The summed E-state index contributed by atoms with van der Waals surface area (Å²) in [6, 6.07) is 3.08. The summed E-state index contributed by atoms with van der Waals surface area (Å²) in [7, 11) is 2.97. The smallest absolute Gasteiger partial charge is 0.255 e. The molecule has 1 N–H and O–H groups in total. The second-order valence-corrected chi connectivity index (χ2v) is 6.40. The van der Waals surface area contributed by atoms with Crippen LogP contribution >= 0.6 is 0 Å². The standard InChI is InChI=1S/C19H29NO5/c1-12(2)20(13(3)4)19(23)15-11-18(25-6)17(24-5)10-14(15)16(22)8-7-9-21/h10-13,21H,7-9H2,1-6H3. The average molecular weight is 351 g/mol. The van der Waals surface area contributed by atoms with E-state index in [1.807, 2.05) is 27.7 Å². The van der Waals surface area contributed by atoms with E-state index in [0.717, 1.165) is 0 Å². The first-order valence-electron chi connectivity index (χ1n) is 8.51. The zero-order chi connectivity index (χ0) is 19.1. The Balaban J connectivity index is 3.48. The quantitative estimate of drug-likeness (QED) is 0.692. The van der Waals surface area contributed by atoms with Gasteiger partial charge in [0, 0.05) is 30.7 Å². The van der Waals surface area contributed by atoms with Gasteiger partial charge in [0.1, 0.15) is 0 Å². The Kier molecular flexibility index (Phi) is 7.90. The van der Waals surface area contributed by atoms with Crippen molar-refractivity contribution in [3.63, 3.8) is 0 Å². The summed E-state index contributed by atoms with van der Waals surface area (Å²) in [6.07, 6.45) is 0.508. The summed E-state index contributed by atoms with van der Waals surface area (Å²) in [4.78, 5) is 27.4. The Morgan fingerprint density at radius 3 is 1.88 bits per heavy atom. The molecule has 0 aromatic heterocycles. The number of benzene rings is 1. The molecule has 0 radical (unpaired) electrons. The van der Waals surface area contributed by atoms with Crippen molar-refractivity contribution < 1.29 is 24.2 Å². The van der Waals surface area contributed by atoms with Gasteiger partial charge in [0.15, 0.2) is 17.3 Å². The molecule has 0 aliphatic carbocycles. The number of carbonyl (C=O) groups is 2. The number of methoxy groups -OCH3 is 2. The highest BCUT2D eigenvalue weighted by Gasteiger charge is 2.27. The van der Waals surface area contributed by atoms with Gasteiger partial charge in [-0.2, -0.15) is 0 Å². The van der Waals surface area contributed by atoms with Crippen molar-refractivity contribution in [2.45, 2.75) is 52.6 Å². The van der Waals surface area contributed by atoms with Crippen molar-refractivity contribution in [1.82, 2.24) is 4.90 Å². The topological polar surface area (TPSA) is 76.1 Å². The SMILES string of the molecule is COc1cc(C(=O)CCCO)c(C(=O)N(C(C)C)C(C)C)cc1OC. The first kappa shape index (κ1) is 21.0. The van der Waals surface area contributed by atoms with Gasteiger partial charge in [-0.25, -0.2) is 0 Å². The molecule has 0 heterocycles. The van der Waals surface area contributed by atoms with Crippen LogP contribution in [0, 0.1) is 0 Å². The monoisotopic (exact) mass is 351 g/mol. The van der Waals surface area contributed by atoms with Crippen molar-refractivity contribution >= 4 is 11.7 Å². The predicted octanol–water partition coefficient (Wildman–Crippen LogP) is 2.92. The van der Waals surface area contributed by atoms with E-state index in [0.29, 0.717) is 29.0 Å². The van der Waals surface area contributed by atoms with Gasteiger partial charge in [-0.1, -0.05) is 0 Å². The fraction of sp³-hybridized carbons (Fsp3) is 0.579. The van der Waals surface area contributed by atoms with Crippen LogP contribution in [0.5, 0.6) is 11.5 Å². The van der Waals surface area contributed by atoms with Crippen LogP contribution in [0.3, 0.4) is 0 Å². The summed E-state index contributed by atoms with van der Waals surface area (Å²) in [5.41, 5.74) is 0.588. The van der Waals surface area contributed by atoms with Gasteiger partial charge in [0.05, 0.1) is 19.8 Å². The lowest BCUT2D eigenvalue weighted by molar-refractivity contribution is 0.0639. The summed E-state index contributed by atoms with van der Waals surface area (Å²) in [5, 5.41) is 8.99. The van der Waals surface area contributed by atoms with Crippen LogP contribution in [0.25, 0.3) is 0 Å². The molecule has 0 spiro atoms. The van der Waals surface area contributed by atoms with E-state index in [-0.39, 0.29) is 36.8 Å². The lowest BCUT2D eigenvalue weighted by atomic mass is 9.97. The molecule has 25 heavy (non-hydrogen) atoms. The normalized spacial score (nSPS) is 10.9. The summed E-state index contributed by atoms with van der Waals surface area (Å²) in [6.45, 7) is 7.67. The molecule has 0 aliphatic heterocycles. The van der Waals surface area contributed by atoms with Gasteiger partial charge in [-0.15, -0.1) is 0 Å². The number of ketones is 1. The lowest BCUT2D eigenvalue weighted by Crippen LogP contribution is -2.42. The van der Waals surface area contributed by atoms with Crippen LogP contribution in [0.4, 0.5) is 0 Å². The summed E-state index contributed by atoms with van der Waals surface area (Å²) < 4.78 is 10.6. The third kappa shape index (κ3) is 4.95. The van der Waals surface area contributed by atoms with E-state index in [9.17, 15) is 9.59 Å². The van der Waals surface area contributed by atoms with Crippen LogP contribution in [-0.2, 0) is 0 Å². The van der Waals surface area contributed by atoms with Crippen LogP contribution in [0.15, 0.2) is 12.1 Å². The number of rotatable bonds is 9. The van der Waals surface area contributed by atoms with Crippen molar-refractivity contribution in [2.24, 2.45) is 0 Å². The maximum atomic E-state index is 13.1. The van der Waals surface area contributed by atoms with E-state index >= 15 is 0 Å². The minimum atomic E-state index is -0.224. The molecular weight excluding hydrogens is 322 g/mol. The van der Waals surface area contributed by atoms with Gasteiger partial charge in [0.2, 0.25) is 0 Å². The molecule has 0 atom stereocenters. The number of nitrogens with zero attached hydrogens (tertiary/aromatic N) is 1. The minimum Gasteiger partial charge on any atom is -0.493 e. The fourth-order valence-corrected chi connectivity index (χ4v) is 2.87. The van der Waals surface area contributed by atoms with Crippen LogP contribution in [0.2, 0.25) is 0 Å². The predicted molar refractivity (Wildman–Crippen MR) is 96.6 cm³/mol. The first-order valence-corrected chi connectivity index (χ1v) is 8.51. The summed E-state index contributed by atoms with van der Waals surface area (Å²) in [5.74, 6) is 0.369. The first-order chi connectivity index (χ1) is 11.8. The van der Waals surface area contributed by atoms with Crippen molar-refractivity contribution in [3.05, 3.63) is 23.3 Å². The van der Waals surface area contributed by atoms with Crippen molar-refractivity contribution in [3.8, 4) is 11.5 Å². The number of aliphatic hydroxyl groups is 1. The number of hydrogen-bond acceptors (Lipinski definition) is 5. The Labute approximate surface area is 149 Å². The second-order valence-electron chi connectivity index (χ2n) is 6.40. The van der Waals surface area contributed by atoms with E-state index in [1.54, 1.807) is 17.0 Å². The van der Waals surface area contributed by atoms with E-state index in [4.69, 9.17) is 14.6 Å². The molecule has 0 saturated heterocycles. The third-order valence-corrected chi connectivity index (χ3v) is 3.96. The van der Waals surface area contributed by atoms with Crippen LogP contribution in [-0.4, -0.2) is 54.6 Å².